The van der Waals surface area contributed by atoms with Crippen LogP contribution in [-0.2, 0) is 19.4 Å². The molecule has 0 aromatic heterocycles. The maximum absolute atomic E-state index is 12.5. The Kier molecular flexibility index (Phi) is 4.90. The molecule has 2 heterocycles. The first kappa shape index (κ1) is 18.2. The van der Waals surface area contributed by atoms with Gasteiger partial charge in [0.1, 0.15) is 5.71 Å². The van der Waals surface area contributed by atoms with Gasteiger partial charge < -0.3 is 5.32 Å². The molecular formula is C17H19N3O5S. The Balaban J connectivity index is 1.80. The van der Waals surface area contributed by atoms with Crippen LogP contribution in [0.3, 0.4) is 0 Å². The van der Waals surface area contributed by atoms with E-state index in [4.69, 9.17) is 0 Å². The predicted octanol–water partition coefficient (Wildman–Crippen LogP) is 0.993. The third kappa shape index (κ3) is 3.82. The summed E-state index contributed by atoms with van der Waals surface area (Å²) < 4.78 is 23.3. The molecule has 3 rings (SSSR count). The second-order valence-corrected chi connectivity index (χ2v) is 8.63. The highest BCUT2D eigenvalue weighted by Gasteiger charge is 2.37. The number of Topliss-reactive ketones (excluding diaryl/α,β-unsaturated/α-hetero) is 1. The third-order valence-electron chi connectivity index (χ3n) is 4.43. The van der Waals surface area contributed by atoms with Gasteiger partial charge in [0.25, 0.3) is 5.91 Å². The van der Waals surface area contributed by atoms with Crippen LogP contribution in [0.15, 0.2) is 29.4 Å². The number of anilines is 1. The van der Waals surface area contributed by atoms with E-state index < -0.39 is 21.8 Å². The van der Waals surface area contributed by atoms with E-state index in [9.17, 15) is 22.8 Å². The number of carbonyl (C=O) groups excluding carboxylic acids is 3. The maximum Gasteiger partial charge on any atom is 0.271 e. The molecule has 0 radical (unpaired) electrons. The van der Waals surface area contributed by atoms with Crippen molar-refractivity contribution < 1.29 is 22.8 Å². The fourth-order valence-electron chi connectivity index (χ4n) is 3.08. The molecule has 138 valence electrons. The second-order valence-electron chi connectivity index (χ2n) is 6.40. The van der Waals surface area contributed by atoms with Gasteiger partial charge >= 0.3 is 0 Å². The van der Waals surface area contributed by atoms with Gasteiger partial charge in [0.15, 0.2) is 15.6 Å². The molecule has 26 heavy (non-hydrogen) atoms. The van der Waals surface area contributed by atoms with E-state index in [1.807, 2.05) is 0 Å². The lowest BCUT2D eigenvalue weighted by atomic mass is 10.1. The number of para-hydroxylation sites is 1. The number of hydrogen-bond acceptors (Lipinski definition) is 6. The van der Waals surface area contributed by atoms with Gasteiger partial charge in [-0.3, -0.25) is 14.4 Å². The van der Waals surface area contributed by atoms with E-state index in [1.165, 1.54) is 6.92 Å². The molecule has 1 aromatic rings. The first-order valence-corrected chi connectivity index (χ1v) is 10.1. The fourth-order valence-corrected chi connectivity index (χ4v) is 4.77. The van der Waals surface area contributed by atoms with Crippen molar-refractivity contribution in [3.8, 4) is 0 Å². The molecule has 0 saturated carbocycles. The zero-order valence-corrected chi connectivity index (χ0v) is 15.1. The Morgan fingerprint density at radius 2 is 1.96 bits per heavy atom. The van der Waals surface area contributed by atoms with Gasteiger partial charge in [-0.2, -0.15) is 5.10 Å². The van der Waals surface area contributed by atoms with Crippen LogP contribution in [0.25, 0.3) is 0 Å². The van der Waals surface area contributed by atoms with Crippen molar-refractivity contribution in [2.75, 3.05) is 16.8 Å². The van der Waals surface area contributed by atoms with Crippen molar-refractivity contribution >= 4 is 38.8 Å². The van der Waals surface area contributed by atoms with Crippen LogP contribution in [0.2, 0.25) is 0 Å². The van der Waals surface area contributed by atoms with Crippen molar-refractivity contribution in [2.45, 2.75) is 32.2 Å². The van der Waals surface area contributed by atoms with Crippen molar-refractivity contribution in [1.82, 2.24) is 5.01 Å². The number of carbonyl (C=O) groups is 3. The van der Waals surface area contributed by atoms with Crippen molar-refractivity contribution in [3.63, 3.8) is 0 Å². The molecule has 8 nitrogen and oxygen atoms in total. The summed E-state index contributed by atoms with van der Waals surface area (Å²) in [5, 5.41) is 7.92. The molecule has 1 aromatic carbocycles. The van der Waals surface area contributed by atoms with Gasteiger partial charge in [0.2, 0.25) is 5.91 Å². The normalized spacial score (nSPS) is 22.0. The highest BCUT2D eigenvalue weighted by molar-refractivity contribution is 7.91. The summed E-state index contributed by atoms with van der Waals surface area (Å²) in [6.45, 7) is 1.41. The number of amides is 2. The summed E-state index contributed by atoms with van der Waals surface area (Å²) in [4.78, 5) is 36.3. The fraction of sp³-hybridized carbons (Fsp3) is 0.412. The maximum atomic E-state index is 12.5. The quantitative estimate of drug-likeness (QED) is 0.786. The second kappa shape index (κ2) is 6.99. The van der Waals surface area contributed by atoms with Crippen LogP contribution in [0.4, 0.5) is 5.69 Å². The highest BCUT2D eigenvalue weighted by Crippen LogP contribution is 2.23. The number of nitrogens with one attached hydrogen (secondary N) is 1. The summed E-state index contributed by atoms with van der Waals surface area (Å²) in [5.74, 6) is -1.08. The molecule has 2 aliphatic heterocycles. The van der Waals surface area contributed by atoms with Crippen LogP contribution in [0.1, 0.15) is 36.5 Å². The number of nitrogens with zero attached hydrogens (tertiary/aromatic N) is 2. The lowest BCUT2D eigenvalue weighted by Crippen LogP contribution is -2.42. The first-order chi connectivity index (χ1) is 12.3. The van der Waals surface area contributed by atoms with Crippen LogP contribution < -0.4 is 5.32 Å². The first-order valence-electron chi connectivity index (χ1n) is 8.28. The third-order valence-corrected chi connectivity index (χ3v) is 6.18. The zero-order chi connectivity index (χ0) is 18.9. The molecular weight excluding hydrogens is 358 g/mol. The molecule has 1 fully saturated rings. The number of rotatable bonds is 4. The number of hydrazone groups is 1. The topological polar surface area (TPSA) is 113 Å². The Bertz CT molecular complexity index is 907. The number of sulfone groups is 1. The standard InChI is InChI=1S/C17H19N3O5S/c1-11(21)13-4-2-3-5-14(13)18-17(23)15-6-7-16(22)20(19-15)12-8-9-26(24,25)10-12/h2-5,12H,6-10H2,1H3,(H,18,23)/t12-/m0/s1. The van der Waals surface area contributed by atoms with Gasteiger partial charge in [-0.15, -0.1) is 0 Å². The molecule has 9 heteroatoms. The SMILES string of the molecule is CC(=O)c1ccccc1NC(=O)C1=NN([C@H]2CCS(=O)(=O)C2)C(=O)CC1. The van der Waals surface area contributed by atoms with Gasteiger partial charge in [-0.05, 0) is 25.5 Å². The molecule has 1 saturated heterocycles. The summed E-state index contributed by atoms with van der Waals surface area (Å²) >= 11 is 0. The largest absolute Gasteiger partial charge is 0.320 e. The molecule has 2 aliphatic rings. The van der Waals surface area contributed by atoms with E-state index >= 15 is 0 Å². The van der Waals surface area contributed by atoms with Gasteiger partial charge in [-0.25, -0.2) is 13.4 Å². The molecule has 0 bridgehead atoms. The summed E-state index contributed by atoms with van der Waals surface area (Å²) in [6, 6.07) is 6.10. The van der Waals surface area contributed by atoms with Crippen molar-refractivity contribution in [3.05, 3.63) is 29.8 Å². The monoisotopic (exact) mass is 377 g/mol. The van der Waals surface area contributed by atoms with E-state index in [-0.39, 0.29) is 41.7 Å². The Hall–Kier alpha value is -2.55. The molecule has 2 amide bonds. The molecule has 0 aliphatic carbocycles. The smallest absolute Gasteiger partial charge is 0.271 e. The highest BCUT2D eigenvalue weighted by atomic mass is 32.2. The van der Waals surface area contributed by atoms with Crippen LogP contribution in [0, 0.1) is 0 Å². The van der Waals surface area contributed by atoms with Crippen LogP contribution >= 0.6 is 0 Å². The minimum absolute atomic E-state index is 0.0183. The van der Waals surface area contributed by atoms with E-state index in [0.717, 1.165) is 5.01 Å². The molecule has 0 spiro atoms. The average Bonchev–Trinajstić information content (AvgIpc) is 2.95. The summed E-state index contributed by atoms with van der Waals surface area (Å²) in [7, 11) is -3.17. The lowest BCUT2D eigenvalue weighted by Gasteiger charge is -2.27. The van der Waals surface area contributed by atoms with Crippen LogP contribution in [0.5, 0.6) is 0 Å². The number of ketones is 1. The number of benzene rings is 1. The van der Waals surface area contributed by atoms with Crippen molar-refractivity contribution in [2.24, 2.45) is 5.10 Å². The molecule has 0 unspecified atom stereocenters. The van der Waals surface area contributed by atoms with E-state index in [0.29, 0.717) is 17.7 Å². The van der Waals surface area contributed by atoms with Gasteiger partial charge in [-0.1, -0.05) is 12.1 Å². The summed E-state index contributed by atoms with van der Waals surface area (Å²) in [6.07, 6.45) is 0.583. The molecule has 1 N–H and O–H groups in total. The van der Waals surface area contributed by atoms with E-state index in [1.54, 1.807) is 24.3 Å². The van der Waals surface area contributed by atoms with Gasteiger partial charge in [0.05, 0.1) is 23.2 Å². The Morgan fingerprint density at radius 1 is 1.23 bits per heavy atom. The zero-order valence-electron chi connectivity index (χ0n) is 14.3. The average molecular weight is 377 g/mol. The predicted molar refractivity (Wildman–Crippen MR) is 95.7 cm³/mol. The van der Waals surface area contributed by atoms with E-state index in [2.05, 4.69) is 10.4 Å². The lowest BCUT2D eigenvalue weighted by molar-refractivity contribution is -0.133. The van der Waals surface area contributed by atoms with Crippen molar-refractivity contribution in [1.29, 1.82) is 0 Å². The Labute approximate surface area is 151 Å². The Morgan fingerprint density at radius 3 is 2.62 bits per heavy atom. The van der Waals surface area contributed by atoms with Gasteiger partial charge in [0, 0.05) is 18.4 Å². The van der Waals surface area contributed by atoms with Crippen LogP contribution in [-0.4, -0.2) is 54.3 Å². The minimum atomic E-state index is -3.17. The minimum Gasteiger partial charge on any atom is -0.320 e. The number of hydrogen-bond donors (Lipinski definition) is 1. The molecule has 1 atom stereocenters. The summed E-state index contributed by atoms with van der Waals surface area (Å²) in [5.41, 5.74) is 0.902.